The zero-order valence-electron chi connectivity index (χ0n) is 14.9. The van der Waals surface area contributed by atoms with Crippen LogP contribution in [0.25, 0.3) is 0 Å². The first kappa shape index (κ1) is 18.8. The van der Waals surface area contributed by atoms with Crippen molar-refractivity contribution >= 4 is 11.8 Å². The molecule has 0 spiro atoms. The number of aryl methyl sites for hydroxylation is 2. The molecule has 1 aliphatic rings. The number of carbonyl (C=O) groups excluding carboxylic acids is 2. The number of nitriles is 1. The molecule has 0 bridgehead atoms. The molecular weight excluding hydrogens is 318 g/mol. The number of hydrogen-bond donors (Lipinski definition) is 1. The number of rotatable bonds is 6. The Kier molecular flexibility index (Phi) is 6.81. The Balaban J connectivity index is 1.66. The maximum Gasteiger partial charge on any atom is 0.257 e. The first-order chi connectivity index (χ1) is 12.0. The predicted octanol–water partition coefficient (Wildman–Crippen LogP) is 1.95. The third-order valence-corrected chi connectivity index (χ3v) is 4.63. The monoisotopic (exact) mass is 343 g/mol. The molecule has 1 aromatic carbocycles. The summed E-state index contributed by atoms with van der Waals surface area (Å²) in [6.45, 7) is 5.94. The lowest BCUT2D eigenvalue weighted by Crippen LogP contribution is -2.42. The summed E-state index contributed by atoms with van der Waals surface area (Å²) in [5.74, 6) is 0.812. The van der Waals surface area contributed by atoms with Crippen LogP contribution in [0.5, 0.6) is 5.75 Å². The van der Waals surface area contributed by atoms with Gasteiger partial charge >= 0.3 is 0 Å². The van der Waals surface area contributed by atoms with Gasteiger partial charge in [-0.15, -0.1) is 0 Å². The summed E-state index contributed by atoms with van der Waals surface area (Å²) >= 11 is 0. The van der Waals surface area contributed by atoms with E-state index in [4.69, 9.17) is 10.00 Å². The molecule has 25 heavy (non-hydrogen) atoms. The van der Waals surface area contributed by atoms with E-state index in [-0.39, 0.29) is 24.8 Å². The predicted molar refractivity (Wildman–Crippen MR) is 94.0 cm³/mol. The number of nitrogens with one attached hydrogen (secondary N) is 1. The van der Waals surface area contributed by atoms with Gasteiger partial charge in [-0.05, 0) is 55.9 Å². The third kappa shape index (κ3) is 5.79. The molecular formula is C19H25N3O3. The molecule has 0 saturated carbocycles. The molecule has 0 aliphatic carbocycles. The number of amides is 2. The van der Waals surface area contributed by atoms with Crippen LogP contribution in [0.3, 0.4) is 0 Å². The fourth-order valence-electron chi connectivity index (χ4n) is 2.83. The Morgan fingerprint density at radius 3 is 2.64 bits per heavy atom. The van der Waals surface area contributed by atoms with Gasteiger partial charge in [-0.25, -0.2) is 0 Å². The second kappa shape index (κ2) is 9.07. The summed E-state index contributed by atoms with van der Waals surface area (Å²) in [6, 6.07) is 7.66. The highest BCUT2D eigenvalue weighted by atomic mass is 16.5. The molecule has 1 saturated heterocycles. The van der Waals surface area contributed by atoms with E-state index in [1.165, 1.54) is 5.56 Å². The van der Waals surface area contributed by atoms with E-state index in [0.717, 1.165) is 18.4 Å². The fourth-order valence-corrected chi connectivity index (χ4v) is 2.83. The van der Waals surface area contributed by atoms with Gasteiger partial charge in [-0.3, -0.25) is 9.59 Å². The molecule has 2 rings (SSSR count). The molecule has 6 nitrogen and oxygen atoms in total. The molecule has 1 N–H and O–H groups in total. The van der Waals surface area contributed by atoms with Crippen LogP contribution in [-0.2, 0) is 9.59 Å². The summed E-state index contributed by atoms with van der Waals surface area (Å²) in [4.78, 5) is 25.3. The minimum Gasteiger partial charge on any atom is -0.484 e. The number of hydrogen-bond acceptors (Lipinski definition) is 4. The summed E-state index contributed by atoms with van der Waals surface area (Å²) in [5.41, 5.74) is 2.33. The number of carbonyl (C=O) groups is 2. The summed E-state index contributed by atoms with van der Waals surface area (Å²) in [5, 5.41) is 11.5. The van der Waals surface area contributed by atoms with Crippen molar-refractivity contribution in [2.24, 2.45) is 5.92 Å². The zero-order chi connectivity index (χ0) is 18.2. The highest BCUT2D eigenvalue weighted by Gasteiger charge is 2.22. The highest BCUT2D eigenvalue weighted by molar-refractivity contribution is 5.78. The van der Waals surface area contributed by atoms with Gasteiger partial charge in [0.05, 0.1) is 6.07 Å². The largest absolute Gasteiger partial charge is 0.484 e. The Labute approximate surface area is 148 Å². The molecule has 134 valence electrons. The molecule has 0 aromatic heterocycles. The number of ether oxygens (including phenoxy) is 1. The fraction of sp³-hybridized carbons (Fsp3) is 0.526. The molecule has 6 heteroatoms. The molecule has 1 heterocycles. The van der Waals surface area contributed by atoms with E-state index in [2.05, 4.69) is 5.32 Å². The molecule has 0 radical (unpaired) electrons. The second-order valence-electron chi connectivity index (χ2n) is 6.50. The van der Waals surface area contributed by atoms with E-state index < -0.39 is 0 Å². The van der Waals surface area contributed by atoms with Gasteiger partial charge in [0.2, 0.25) is 5.91 Å². The third-order valence-electron chi connectivity index (χ3n) is 4.63. The molecule has 0 atom stereocenters. The zero-order valence-corrected chi connectivity index (χ0v) is 14.9. The lowest BCUT2D eigenvalue weighted by molar-refractivity contribution is -0.131. The van der Waals surface area contributed by atoms with Crippen LogP contribution in [0.1, 0.15) is 30.4 Å². The van der Waals surface area contributed by atoms with E-state index in [1.54, 1.807) is 4.90 Å². The molecule has 1 fully saturated rings. The maximum absolute atomic E-state index is 11.9. The van der Waals surface area contributed by atoms with E-state index >= 15 is 0 Å². The van der Waals surface area contributed by atoms with Gasteiger partial charge in [0, 0.05) is 19.6 Å². The Morgan fingerprint density at radius 1 is 1.28 bits per heavy atom. The summed E-state index contributed by atoms with van der Waals surface area (Å²) in [6.07, 6.45) is 1.63. The Hall–Kier alpha value is -2.55. The van der Waals surface area contributed by atoms with E-state index in [0.29, 0.717) is 31.3 Å². The molecule has 2 amide bonds. The van der Waals surface area contributed by atoms with E-state index in [9.17, 15) is 9.59 Å². The second-order valence-corrected chi connectivity index (χ2v) is 6.50. The smallest absolute Gasteiger partial charge is 0.257 e. The van der Waals surface area contributed by atoms with Crippen molar-refractivity contribution in [2.75, 3.05) is 26.2 Å². The van der Waals surface area contributed by atoms with Crippen LogP contribution in [0.4, 0.5) is 0 Å². The van der Waals surface area contributed by atoms with Crippen LogP contribution in [0.2, 0.25) is 0 Å². The number of likely N-dealkylation sites (tertiary alicyclic amines) is 1. The first-order valence-electron chi connectivity index (χ1n) is 8.61. The van der Waals surface area contributed by atoms with Gasteiger partial charge < -0.3 is 15.0 Å². The van der Waals surface area contributed by atoms with Crippen molar-refractivity contribution in [3.8, 4) is 11.8 Å². The SMILES string of the molecule is Cc1ccc(OCC(=O)NCC2CCN(C(=O)CC#N)CC2)cc1C. The van der Waals surface area contributed by atoms with Crippen LogP contribution in [-0.4, -0.2) is 43.0 Å². The van der Waals surface area contributed by atoms with Gasteiger partial charge in [0.25, 0.3) is 5.91 Å². The normalized spacial score (nSPS) is 14.7. The quantitative estimate of drug-likeness (QED) is 0.856. The van der Waals surface area contributed by atoms with Gasteiger partial charge in [0.15, 0.2) is 6.61 Å². The van der Waals surface area contributed by atoms with Crippen LogP contribution in [0, 0.1) is 31.1 Å². The first-order valence-corrected chi connectivity index (χ1v) is 8.61. The van der Waals surface area contributed by atoms with Crippen LogP contribution < -0.4 is 10.1 Å². The van der Waals surface area contributed by atoms with Crippen molar-refractivity contribution in [3.05, 3.63) is 29.3 Å². The number of benzene rings is 1. The van der Waals surface area contributed by atoms with Crippen LogP contribution >= 0.6 is 0 Å². The summed E-state index contributed by atoms with van der Waals surface area (Å²) < 4.78 is 5.52. The minimum atomic E-state index is -0.138. The van der Waals surface area contributed by atoms with Gasteiger partial charge in [0.1, 0.15) is 12.2 Å². The molecule has 1 aromatic rings. The lowest BCUT2D eigenvalue weighted by atomic mass is 9.96. The lowest BCUT2D eigenvalue weighted by Gasteiger charge is -2.31. The number of piperidine rings is 1. The van der Waals surface area contributed by atoms with Crippen molar-refractivity contribution in [3.63, 3.8) is 0 Å². The van der Waals surface area contributed by atoms with Crippen molar-refractivity contribution in [1.82, 2.24) is 10.2 Å². The Morgan fingerprint density at radius 2 is 2.00 bits per heavy atom. The van der Waals surface area contributed by atoms with Gasteiger partial charge in [-0.1, -0.05) is 6.07 Å². The highest BCUT2D eigenvalue weighted by Crippen LogP contribution is 2.18. The number of nitrogens with zero attached hydrogens (tertiary/aromatic N) is 2. The average Bonchev–Trinajstić information content (AvgIpc) is 2.61. The average molecular weight is 343 g/mol. The molecule has 0 unspecified atom stereocenters. The standard InChI is InChI=1S/C19H25N3O3/c1-14-3-4-17(11-15(14)2)25-13-18(23)21-12-16-6-9-22(10-7-16)19(24)5-8-20/h3-4,11,16H,5-7,9-10,12-13H2,1-2H3,(H,21,23). The van der Waals surface area contributed by atoms with E-state index in [1.807, 2.05) is 38.1 Å². The van der Waals surface area contributed by atoms with Crippen molar-refractivity contribution < 1.29 is 14.3 Å². The van der Waals surface area contributed by atoms with Crippen LogP contribution in [0.15, 0.2) is 18.2 Å². The topological polar surface area (TPSA) is 82.4 Å². The maximum atomic E-state index is 11.9. The van der Waals surface area contributed by atoms with Crippen molar-refractivity contribution in [2.45, 2.75) is 33.1 Å². The summed E-state index contributed by atoms with van der Waals surface area (Å²) in [7, 11) is 0. The Bertz CT molecular complexity index is 658. The van der Waals surface area contributed by atoms with Gasteiger partial charge in [-0.2, -0.15) is 5.26 Å². The minimum absolute atomic E-state index is 0.00199. The van der Waals surface area contributed by atoms with Crippen molar-refractivity contribution in [1.29, 1.82) is 5.26 Å². The molecule has 1 aliphatic heterocycles.